The number of hydrogen-bond acceptors (Lipinski definition) is 5. The van der Waals surface area contributed by atoms with Crippen LogP contribution in [0.15, 0.2) is 17.0 Å². The number of piperazine rings is 1. The van der Waals surface area contributed by atoms with E-state index in [9.17, 15) is 0 Å². The van der Waals surface area contributed by atoms with Crippen molar-refractivity contribution in [2.75, 3.05) is 52.4 Å². The standard InChI is InChI=1S/C17H31N5/c1-15(2)21-8-10-22(11-9-21)17-13-18-12-16(19-17)14-20-6-4-3-5-7-20/h13,15,18H,3-12,14H2,1-2H3. The second-order valence-corrected chi connectivity index (χ2v) is 7.02. The smallest absolute Gasteiger partial charge is 0.144 e. The Bertz CT molecular complexity index is 415. The van der Waals surface area contributed by atoms with Crippen molar-refractivity contribution in [3.63, 3.8) is 0 Å². The van der Waals surface area contributed by atoms with Crippen molar-refractivity contribution in [2.24, 2.45) is 4.99 Å². The van der Waals surface area contributed by atoms with Crippen LogP contribution in [0.2, 0.25) is 0 Å². The third-order valence-corrected chi connectivity index (χ3v) is 5.03. The zero-order valence-corrected chi connectivity index (χ0v) is 14.2. The van der Waals surface area contributed by atoms with Crippen LogP contribution in [0.3, 0.4) is 0 Å². The highest BCUT2D eigenvalue weighted by atomic mass is 15.3. The summed E-state index contributed by atoms with van der Waals surface area (Å²) in [6, 6.07) is 0.652. The second kappa shape index (κ2) is 7.47. The van der Waals surface area contributed by atoms with Gasteiger partial charge in [-0.2, -0.15) is 0 Å². The molecule has 3 heterocycles. The Hall–Kier alpha value is -1.07. The molecular formula is C17H31N5. The molecule has 0 aromatic heterocycles. The lowest BCUT2D eigenvalue weighted by Gasteiger charge is -2.38. The second-order valence-electron chi connectivity index (χ2n) is 7.02. The molecule has 3 rings (SSSR count). The molecule has 2 saturated heterocycles. The molecule has 3 aliphatic heterocycles. The molecule has 0 spiro atoms. The number of aliphatic imine (C=N–C) groups is 1. The summed E-state index contributed by atoms with van der Waals surface area (Å²) >= 11 is 0. The van der Waals surface area contributed by atoms with Gasteiger partial charge in [0.1, 0.15) is 5.82 Å². The molecule has 0 bridgehead atoms. The van der Waals surface area contributed by atoms with E-state index >= 15 is 0 Å². The van der Waals surface area contributed by atoms with E-state index in [1.54, 1.807) is 0 Å². The van der Waals surface area contributed by atoms with Crippen molar-refractivity contribution >= 4 is 5.71 Å². The lowest BCUT2D eigenvalue weighted by atomic mass is 10.1. The summed E-state index contributed by atoms with van der Waals surface area (Å²) in [5, 5.41) is 3.43. The first-order valence-electron chi connectivity index (χ1n) is 8.94. The molecule has 0 aromatic rings. The van der Waals surface area contributed by atoms with E-state index in [0.717, 1.165) is 45.1 Å². The Balaban J connectivity index is 1.54. The van der Waals surface area contributed by atoms with Crippen LogP contribution in [-0.2, 0) is 0 Å². The van der Waals surface area contributed by atoms with E-state index in [-0.39, 0.29) is 0 Å². The number of nitrogens with zero attached hydrogens (tertiary/aromatic N) is 4. The van der Waals surface area contributed by atoms with Gasteiger partial charge in [0.15, 0.2) is 0 Å². The maximum Gasteiger partial charge on any atom is 0.144 e. The summed E-state index contributed by atoms with van der Waals surface area (Å²) < 4.78 is 0. The van der Waals surface area contributed by atoms with Crippen LogP contribution in [0.5, 0.6) is 0 Å². The van der Waals surface area contributed by atoms with Gasteiger partial charge in [-0.05, 0) is 39.8 Å². The Kier molecular flexibility index (Phi) is 5.37. The summed E-state index contributed by atoms with van der Waals surface area (Å²) in [5.74, 6) is 1.14. The summed E-state index contributed by atoms with van der Waals surface area (Å²) in [6.07, 6.45) is 6.19. The number of piperidine rings is 1. The molecule has 0 atom stereocenters. The Morgan fingerprint density at radius 2 is 1.77 bits per heavy atom. The van der Waals surface area contributed by atoms with Gasteiger partial charge in [-0.1, -0.05) is 6.42 Å². The molecule has 124 valence electrons. The Labute approximate surface area is 135 Å². The fourth-order valence-electron chi connectivity index (χ4n) is 3.59. The third kappa shape index (κ3) is 4.02. The normalized spacial score (nSPS) is 25.0. The SMILES string of the molecule is CC(C)N1CCN(C2=CNCC(CN3CCCCC3)=N2)CC1. The van der Waals surface area contributed by atoms with Gasteiger partial charge in [-0.25, -0.2) is 4.99 Å². The molecule has 22 heavy (non-hydrogen) atoms. The van der Waals surface area contributed by atoms with E-state index < -0.39 is 0 Å². The molecule has 0 unspecified atom stereocenters. The quantitative estimate of drug-likeness (QED) is 0.850. The molecule has 5 nitrogen and oxygen atoms in total. The number of likely N-dealkylation sites (tertiary alicyclic amines) is 1. The summed E-state index contributed by atoms with van der Waals surface area (Å²) in [6.45, 7) is 13.5. The van der Waals surface area contributed by atoms with E-state index in [4.69, 9.17) is 4.99 Å². The first kappa shape index (κ1) is 15.8. The summed E-state index contributed by atoms with van der Waals surface area (Å²) in [7, 11) is 0. The molecule has 0 aliphatic carbocycles. The highest BCUT2D eigenvalue weighted by molar-refractivity contribution is 5.89. The Morgan fingerprint density at radius 3 is 2.45 bits per heavy atom. The summed E-state index contributed by atoms with van der Waals surface area (Å²) in [5.41, 5.74) is 1.30. The number of rotatable bonds is 4. The first-order valence-corrected chi connectivity index (χ1v) is 8.94. The minimum absolute atomic E-state index is 0.652. The van der Waals surface area contributed by atoms with Crippen molar-refractivity contribution < 1.29 is 0 Å². The fraction of sp³-hybridized carbons (Fsp3) is 0.824. The summed E-state index contributed by atoms with van der Waals surface area (Å²) in [4.78, 5) is 12.5. The monoisotopic (exact) mass is 305 g/mol. The first-order chi connectivity index (χ1) is 10.7. The number of nitrogens with one attached hydrogen (secondary N) is 1. The minimum atomic E-state index is 0.652. The van der Waals surface area contributed by atoms with E-state index in [0.29, 0.717) is 6.04 Å². The maximum atomic E-state index is 4.95. The highest BCUT2D eigenvalue weighted by Crippen LogP contribution is 2.15. The molecule has 1 N–H and O–H groups in total. The van der Waals surface area contributed by atoms with Gasteiger partial charge < -0.3 is 10.2 Å². The maximum absolute atomic E-state index is 4.95. The van der Waals surface area contributed by atoms with Crippen molar-refractivity contribution in [2.45, 2.75) is 39.2 Å². The van der Waals surface area contributed by atoms with Gasteiger partial charge in [-0.3, -0.25) is 9.80 Å². The third-order valence-electron chi connectivity index (χ3n) is 5.03. The van der Waals surface area contributed by atoms with Crippen molar-refractivity contribution in [3.05, 3.63) is 12.0 Å². The fourth-order valence-corrected chi connectivity index (χ4v) is 3.59. The van der Waals surface area contributed by atoms with E-state index in [1.165, 1.54) is 38.1 Å². The number of hydrogen-bond donors (Lipinski definition) is 1. The van der Waals surface area contributed by atoms with Crippen molar-refractivity contribution in [1.29, 1.82) is 0 Å². The predicted molar refractivity (Wildman–Crippen MR) is 92.1 cm³/mol. The molecule has 0 radical (unpaired) electrons. The zero-order chi connectivity index (χ0) is 15.4. The van der Waals surface area contributed by atoms with Gasteiger partial charge >= 0.3 is 0 Å². The largest absolute Gasteiger partial charge is 0.383 e. The molecular weight excluding hydrogens is 274 g/mol. The molecule has 0 saturated carbocycles. The molecule has 0 aromatic carbocycles. The van der Waals surface area contributed by atoms with Crippen LogP contribution in [-0.4, -0.2) is 78.8 Å². The van der Waals surface area contributed by atoms with Crippen molar-refractivity contribution in [1.82, 2.24) is 20.0 Å². The van der Waals surface area contributed by atoms with Crippen molar-refractivity contribution in [3.8, 4) is 0 Å². The molecule has 2 fully saturated rings. The van der Waals surface area contributed by atoms with Crippen LogP contribution in [0.4, 0.5) is 0 Å². The van der Waals surface area contributed by atoms with Crippen LogP contribution >= 0.6 is 0 Å². The van der Waals surface area contributed by atoms with Gasteiger partial charge in [0.25, 0.3) is 0 Å². The molecule has 5 heteroatoms. The van der Waals surface area contributed by atoms with E-state index in [1.807, 2.05) is 0 Å². The van der Waals surface area contributed by atoms with Crippen LogP contribution < -0.4 is 5.32 Å². The van der Waals surface area contributed by atoms with Gasteiger partial charge in [-0.15, -0.1) is 0 Å². The molecule has 0 amide bonds. The van der Waals surface area contributed by atoms with Crippen LogP contribution in [0.25, 0.3) is 0 Å². The topological polar surface area (TPSA) is 34.1 Å². The highest BCUT2D eigenvalue weighted by Gasteiger charge is 2.22. The van der Waals surface area contributed by atoms with Crippen LogP contribution in [0.1, 0.15) is 33.1 Å². The lowest BCUT2D eigenvalue weighted by molar-refractivity contribution is 0.128. The minimum Gasteiger partial charge on any atom is -0.383 e. The Morgan fingerprint density at radius 1 is 1.05 bits per heavy atom. The zero-order valence-electron chi connectivity index (χ0n) is 14.2. The molecule has 3 aliphatic rings. The van der Waals surface area contributed by atoms with Gasteiger partial charge in [0, 0.05) is 45.0 Å². The van der Waals surface area contributed by atoms with Gasteiger partial charge in [0.2, 0.25) is 0 Å². The van der Waals surface area contributed by atoms with E-state index in [2.05, 4.69) is 40.1 Å². The van der Waals surface area contributed by atoms with Gasteiger partial charge in [0.05, 0.1) is 12.3 Å². The van der Waals surface area contributed by atoms with Crippen LogP contribution in [0, 0.1) is 0 Å². The predicted octanol–water partition coefficient (Wildman–Crippen LogP) is 1.34. The lowest BCUT2D eigenvalue weighted by Crippen LogP contribution is -2.49. The average Bonchev–Trinajstić information content (AvgIpc) is 2.56. The average molecular weight is 305 g/mol.